The SMILES string of the molecule is CCCCCCCCCCCCN.O=C(O)COc1ccc(Cl)cc1Cl. The predicted molar refractivity (Wildman–Crippen MR) is 110 cm³/mol. The summed E-state index contributed by atoms with van der Waals surface area (Å²) in [5.41, 5.74) is 5.42. The van der Waals surface area contributed by atoms with E-state index in [0.717, 1.165) is 6.54 Å². The number of unbranched alkanes of at least 4 members (excludes halogenated alkanes) is 9. The van der Waals surface area contributed by atoms with Gasteiger partial charge in [-0.05, 0) is 31.2 Å². The molecule has 26 heavy (non-hydrogen) atoms. The van der Waals surface area contributed by atoms with Crippen molar-refractivity contribution < 1.29 is 14.6 Å². The predicted octanol–water partition coefficient (Wildman–Crippen LogP) is 6.32. The zero-order chi connectivity index (χ0) is 19.6. The van der Waals surface area contributed by atoms with Crippen LogP contribution in [0.25, 0.3) is 0 Å². The van der Waals surface area contributed by atoms with E-state index < -0.39 is 12.6 Å². The lowest BCUT2D eigenvalue weighted by molar-refractivity contribution is -0.139. The first-order valence-electron chi connectivity index (χ1n) is 9.51. The number of hydrogen-bond acceptors (Lipinski definition) is 3. The van der Waals surface area contributed by atoms with E-state index in [1.54, 1.807) is 6.07 Å². The molecule has 3 N–H and O–H groups in total. The molecular weight excluding hydrogens is 373 g/mol. The minimum Gasteiger partial charge on any atom is -0.480 e. The topological polar surface area (TPSA) is 72.6 Å². The van der Waals surface area contributed by atoms with Crippen LogP contribution in [0.15, 0.2) is 18.2 Å². The Bertz CT molecular complexity index is 474. The van der Waals surface area contributed by atoms with E-state index in [-0.39, 0.29) is 0 Å². The van der Waals surface area contributed by atoms with E-state index in [9.17, 15) is 4.79 Å². The molecule has 0 radical (unpaired) electrons. The summed E-state index contributed by atoms with van der Waals surface area (Å²) < 4.78 is 4.86. The summed E-state index contributed by atoms with van der Waals surface area (Å²) in [6.07, 6.45) is 13.9. The van der Waals surface area contributed by atoms with Crippen LogP contribution < -0.4 is 10.5 Å². The summed E-state index contributed by atoms with van der Waals surface area (Å²) >= 11 is 11.3. The summed E-state index contributed by atoms with van der Waals surface area (Å²) in [6.45, 7) is 2.73. The fourth-order valence-corrected chi connectivity index (χ4v) is 2.83. The Morgan fingerprint density at radius 2 is 1.54 bits per heavy atom. The van der Waals surface area contributed by atoms with Crippen LogP contribution in [0.2, 0.25) is 10.0 Å². The Morgan fingerprint density at radius 1 is 1.00 bits per heavy atom. The maximum Gasteiger partial charge on any atom is 0.341 e. The smallest absolute Gasteiger partial charge is 0.341 e. The minimum absolute atomic E-state index is 0.300. The number of halogens is 2. The molecule has 1 rings (SSSR count). The first-order valence-corrected chi connectivity index (χ1v) is 10.3. The summed E-state index contributed by atoms with van der Waals surface area (Å²) in [7, 11) is 0. The molecule has 0 fully saturated rings. The number of nitrogens with two attached hydrogens (primary N) is 1. The lowest BCUT2D eigenvalue weighted by Crippen LogP contribution is -2.09. The van der Waals surface area contributed by atoms with Crippen LogP contribution in [0.3, 0.4) is 0 Å². The third-order valence-electron chi connectivity index (χ3n) is 3.80. The summed E-state index contributed by atoms with van der Waals surface area (Å²) in [5, 5.41) is 9.11. The largest absolute Gasteiger partial charge is 0.480 e. The van der Waals surface area contributed by atoms with Crippen molar-refractivity contribution in [3.8, 4) is 5.75 Å². The molecule has 0 bridgehead atoms. The van der Waals surface area contributed by atoms with Crippen LogP contribution in [0.4, 0.5) is 0 Å². The Labute approximate surface area is 168 Å². The lowest BCUT2D eigenvalue weighted by Gasteiger charge is -2.04. The molecule has 6 heteroatoms. The van der Waals surface area contributed by atoms with Crippen LogP contribution in [-0.2, 0) is 4.79 Å². The maximum absolute atomic E-state index is 10.2. The molecule has 0 spiro atoms. The van der Waals surface area contributed by atoms with Crippen LogP contribution in [0.1, 0.15) is 71.1 Å². The average Bonchev–Trinajstić information content (AvgIpc) is 2.60. The number of carboxylic acid groups (broad SMARTS) is 1. The van der Waals surface area contributed by atoms with Gasteiger partial charge in [0.25, 0.3) is 0 Å². The normalized spacial score (nSPS) is 10.2. The van der Waals surface area contributed by atoms with Crippen LogP contribution in [-0.4, -0.2) is 24.2 Å². The Kier molecular flexibility index (Phi) is 16.8. The van der Waals surface area contributed by atoms with Crippen LogP contribution in [0, 0.1) is 0 Å². The van der Waals surface area contributed by atoms with E-state index in [4.69, 9.17) is 38.8 Å². The molecule has 0 saturated heterocycles. The van der Waals surface area contributed by atoms with Gasteiger partial charge in [0.1, 0.15) is 5.75 Å². The van der Waals surface area contributed by atoms with Crippen molar-refractivity contribution >= 4 is 29.2 Å². The van der Waals surface area contributed by atoms with Gasteiger partial charge in [-0.25, -0.2) is 4.79 Å². The van der Waals surface area contributed by atoms with Gasteiger partial charge in [-0.2, -0.15) is 0 Å². The van der Waals surface area contributed by atoms with E-state index in [1.807, 2.05) is 0 Å². The van der Waals surface area contributed by atoms with Gasteiger partial charge in [-0.3, -0.25) is 0 Å². The second-order valence-electron chi connectivity index (χ2n) is 6.23. The highest BCUT2D eigenvalue weighted by atomic mass is 35.5. The first-order chi connectivity index (χ1) is 12.5. The van der Waals surface area contributed by atoms with Crippen molar-refractivity contribution in [2.45, 2.75) is 71.1 Å². The third kappa shape index (κ3) is 15.3. The summed E-state index contributed by atoms with van der Waals surface area (Å²) in [6, 6.07) is 4.58. The Morgan fingerprint density at radius 3 is 2.00 bits per heavy atom. The quantitative estimate of drug-likeness (QED) is 0.376. The zero-order valence-electron chi connectivity index (χ0n) is 15.8. The van der Waals surface area contributed by atoms with Crippen LogP contribution >= 0.6 is 23.2 Å². The highest BCUT2D eigenvalue weighted by molar-refractivity contribution is 6.35. The molecule has 0 aliphatic rings. The molecule has 0 heterocycles. The number of carbonyl (C=O) groups is 1. The highest BCUT2D eigenvalue weighted by Crippen LogP contribution is 2.27. The average molecular weight is 406 g/mol. The van der Waals surface area contributed by atoms with Gasteiger partial charge in [0.2, 0.25) is 0 Å². The number of rotatable bonds is 13. The van der Waals surface area contributed by atoms with Crippen LogP contribution in [0.5, 0.6) is 5.75 Å². The third-order valence-corrected chi connectivity index (χ3v) is 4.33. The molecule has 0 atom stereocenters. The molecule has 0 aromatic heterocycles. The van der Waals surface area contributed by atoms with Gasteiger partial charge in [0.05, 0.1) is 5.02 Å². The van der Waals surface area contributed by atoms with Crippen molar-refractivity contribution in [1.29, 1.82) is 0 Å². The zero-order valence-corrected chi connectivity index (χ0v) is 17.3. The summed E-state index contributed by atoms with van der Waals surface area (Å²) in [4.78, 5) is 10.2. The monoisotopic (exact) mass is 405 g/mol. The van der Waals surface area contributed by atoms with E-state index >= 15 is 0 Å². The number of hydrogen-bond donors (Lipinski definition) is 2. The molecule has 4 nitrogen and oxygen atoms in total. The van der Waals surface area contributed by atoms with E-state index in [2.05, 4.69) is 6.92 Å². The highest BCUT2D eigenvalue weighted by Gasteiger charge is 2.04. The van der Waals surface area contributed by atoms with Gasteiger partial charge in [-0.1, -0.05) is 87.9 Å². The van der Waals surface area contributed by atoms with Gasteiger partial charge >= 0.3 is 5.97 Å². The van der Waals surface area contributed by atoms with Crippen molar-refractivity contribution in [2.75, 3.05) is 13.2 Å². The molecular formula is C20H33Cl2NO3. The second kappa shape index (κ2) is 17.4. The molecule has 0 aliphatic heterocycles. The van der Waals surface area contributed by atoms with Gasteiger partial charge < -0.3 is 15.6 Å². The lowest BCUT2D eigenvalue weighted by atomic mass is 10.1. The first kappa shape index (κ1) is 25.0. The number of ether oxygens (including phenoxy) is 1. The fourth-order valence-electron chi connectivity index (χ4n) is 2.36. The minimum atomic E-state index is -1.05. The standard InChI is InChI=1S/C12H27N.C8H6Cl2O3/c1-2-3-4-5-6-7-8-9-10-11-12-13;9-5-1-2-7(6(10)3-5)13-4-8(11)12/h2-13H2,1H3;1-3H,4H2,(H,11,12). The van der Waals surface area contributed by atoms with Gasteiger partial charge in [-0.15, -0.1) is 0 Å². The second-order valence-corrected chi connectivity index (χ2v) is 7.07. The molecule has 0 saturated carbocycles. The van der Waals surface area contributed by atoms with E-state index in [1.165, 1.54) is 76.3 Å². The molecule has 0 unspecified atom stereocenters. The summed E-state index contributed by atoms with van der Waals surface area (Å²) in [5.74, 6) is -0.737. The Hall–Kier alpha value is -0.970. The molecule has 0 amide bonds. The molecule has 1 aromatic rings. The number of carboxylic acids is 1. The Balaban J connectivity index is 0.000000481. The van der Waals surface area contributed by atoms with Crippen molar-refractivity contribution in [3.05, 3.63) is 28.2 Å². The van der Waals surface area contributed by atoms with Crippen molar-refractivity contribution in [2.24, 2.45) is 5.73 Å². The van der Waals surface area contributed by atoms with Crippen molar-refractivity contribution in [3.63, 3.8) is 0 Å². The molecule has 1 aromatic carbocycles. The molecule has 150 valence electrons. The maximum atomic E-state index is 10.2. The number of benzene rings is 1. The fraction of sp³-hybridized carbons (Fsp3) is 0.650. The molecule has 0 aliphatic carbocycles. The van der Waals surface area contributed by atoms with E-state index in [0.29, 0.717) is 15.8 Å². The van der Waals surface area contributed by atoms with Gasteiger partial charge in [0.15, 0.2) is 6.61 Å². The number of aliphatic carboxylic acids is 1. The van der Waals surface area contributed by atoms with Gasteiger partial charge in [0, 0.05) is 5.02 Å². The van der Waals surface area contributed by atoms with Crippen molar-refractivity contribution in [1.82, 2.24) is 0 Å².